The molecule has 3 rings (SSSR count). The Bertz CT molecular complexity index is 917. The summed E-state index contributed by atoms with van der Waals surface area (Å²) in [6.45, 7) is -0.0761. The number of carbonyl (C=O) groups excluding carboxylic acids is 2. The Kier molecular flexibility index (Phi) is 5.04. The molecule has 1 aromatic carbocycles. The highest BCUT2D eigenvalue weighted by atomic mass is 32.2. The van der Waals surface area contributed by atoms with E-state index < -0.39 is 21.8 Å². The van der Waals surface area contributed by atoms with Gasteiger partial charge in [-0.15, -0.1) is 0 Å². The maximum atomic E-state index is 12.3. The molecule has 1 fully saturated rings. The van der Waals surface area contributed by atoms with Crippen LogP contribution in [0.15, 0.2) is 29.4 Å². The Labute approximate surface area is 151 Å². The van der Waals surface area contributed by atoms with E-state index in [2.05, 4.69) is 5.10 Å². The smallest absolute Gasteiger partial charge is 0.354 e. The molecule has 0 radical (unpaired) electrons. The van der Waals surface area contributed by atoms with Crippen LogP contribution in [0.4, 0.5) is 0 Å². The molecule has 0 aromatic heterocycles. The predicted molar refractivity (Wildman–Crippen MR) is 91.5 cm³/mol. The number of ether oxygens (including phenoxy) is 1. The first-order valence-electron chi connectivity index (χ1n) is 8.15. The van der Waals surface area contributed by atoms with Crippen LogP contribution in [-0.2, 0) is 30.8 Å². The molecule has 0 saturated carbocycles. The van der Waals surface area contributed by atoms with Crippen molar-refractivity contribution in [3.8, 4) is 6.07 Å². The van der Waals surface area contributed by atoms with Crippen molar-refractivity contribution in [1.29, 1.82) is 5.26 Å². The van der Waals surface area contributed by atoms with Crippen molar-refractivity contribution in [3.05, 3.63) is 35.4 Å². The molecular weight excluding hydrogens is 358 g/mol. The Morgan fingerprint density at radius 3 is 2.81 bits per heavy atom. The third kappa shape index (κ3) is 3.91. The topological polar surface area (TPSA) is 117 Å². The summed E-state index contributed by atoms with van der Waals surface area (Å²) in [5, 5.41) is 14.2. The molecular formula is C17H17N3O5S. The number of hydrogen-bond acceptors (Lipinski definition) is 7. The average molecular weight is 375 g/mol. The number of benzene rings is 1. The maximum absolute atomic E-state index is 12.3. The lowest BCUT2D eigenvalue weighted by Crippen LogP contribution is -2.42. The minimum Gasteiger partial charge on any atom is -0.456 e. The van der Waals surface area contributed by atoms with E-state index in [1.807, 2.05) is 6.07 Å². The third-order valence-corrected chi connectivity index (χ3v) is 6.10. The van der Waals surface area contributed by atoms with Gasteiger partial charge in [-0.2, -0.15) is 10.4 Å². The molecule has 1 unspecified atom stereocenters. The lowest BCUT2D eigenvalue weighted by Gasteiger charge is -2.27. The average Bonchev–Trinajstić information content (AvgIpc) is 3.00. The van der Waals surface area contributed by atoms with E-state index in [4.69, 9.17) is 10.00 Å². The zero-order valence-corrected chi connectivity index (χ0v) is 14.7. The van der Waals surface area contributed by atoms with Crippen LogP contribution < -0.4 is 0 Å². The van der Waals surface area contributed by atoms with Crippen LogP contribution in [-0.4, -0.2) is 48.6 Å². The van der Waals surface area contributed by atoms with Crippen LogP contribution in [0, 0.1) is 11.3 Å². The summed E-state index contributed by atoms with van der Waals surface area (Å²) in [7, 11) is -3.17. The van der Waals surface area contributed by atoms with E-state index in [1.165, 1.54) is 0 Å². The summed E-state index contributed by atoms with van der Waals surface area (Å²) >= 11 is 0. The van der Waals surface area contributed by atoms with Gasteiger partial charge in [0.15, 0.2) is 9.84 Å². The van der Waals surface area contributed by atoms with E-state index in [9.17, 15) is 18.0 Å². The molecule has 2 heterocycles. The van der Waals surface area contributed by atoms with Crippen molar-refractivity contribution in [1.82, 2.24) is 5.01 Å². The van der Waals surface area contributed by atoms with Crippen LogP contribution in [0.2, 0.25) is 0 Å². The van der Waals surface area contributed by atoms with Crippen LogP contribution in [0.1, 0.15) is 30.4 Å². The Hall–Kier alpha value is -2.73. The molecule has 1 saturated heterocycles. The van der Waals surface area contributed by atoms with Crippen molar-refractivity contribution in [3.63, 3.8) is 0 Å². The number of amides is 1. The van der Waals surface area contributed by atoms with Gasteiger partial charge in [-0.3, -0.25) is 4.79 Å². The number of hydrazone groups is 1. The van der Waals surface area contributed by atoms with Crippen LogP contribution >= 0.6 is 0 Å². The van der Waals surface area contributed by atoms with Gasteiger partial charge in [0.25, 0.3) is 0 Å². The van der Waals surface area contributed by atoms with Crippen molar-refractivity contribution in [2.45, 2.75) is 31.9 Å². The van der Waals surface area contributed by atoms with Crippen molar-refractivity contribution < 1.29 is 22.7 Å². The summed E-state index contributed by atoms with van der Waals surface area (Å²) < 4.78 is 28.5. The molecule has 8 nitrogen and oxygen atoms in total. The van der Waals surface area contributed by atoms with Crippen molar-refractivity contribution >= 4 is 27.4 Å². The summed E-state index contributed by atoms with van der Waals surface area (Å²) in [6.07, 6.45) is 0.544. The lowest BCUT2D eigenvalue weighted by atomic mass is 10.1. The molecule has 2 aliphatic heterocycles. The minimum absolute atomic E-state index is 0.0156. The Morgan fingerprint density at radius 1 is 1.35 bits per heavy atom. The van der Waals surface area contributed by atoms with E-state index in [0.717, 1.165) is 5.01 Å². The zero-order valence-electron chi connectivity index (χ0n) is 13.9. The SMILES string of the molecule is N#Cc1ccccc1COC(=O)C1=NN(C2CCS(=O)(=O)C2)C(=O)CC1. The normalized spacial score (nSPS) is 21.8. The second-order valence-electron chi connectivity index (χ2n) is 6.19. The number of sulfone groups is 1. The first-order chi connectivity index (χ1) is 12.4. The standard InChI is InChI=1S/C17H17N3O5S/c18-9-12-3-1-2-4-13(12)10-25-17(22)15-5-6-16(21)20(19-15)14-7-8-26(23,24)11-14/h1-4,14H,5-8,10-11H2. The highest BCUT2D eigenvalue weighted by Gasteiger charge is 2.37. The van der Waals surface area contributed by atoms with Gasteiger partial charge in [0, 0.05) is 18.4 Å². The zero-order chi connectivity index (χ0) is 18.7. The van der Waals surface area contributed by atoms with Gasteiger partial charge >= 0.3 is 5.97 Å². The van der Waals surface area contributed by atoms with Gasteiger partial charge in [-0.25, -0.2) is 18.2 Å². The first-order valence-corrected chi connectivity index (χ1v) is 9.97. The Balaban J connectivity index is 1.70. The molecule has 1 atom stereocenters. The van der Waals surface area contributed by atoms with Gasteiger partial charge in [0.2, 0.25) is 5.91 Å². The fourth-order valence-corrected chi connectivity index (χ4v) is 4.65. The second-order valence-corrected chi connectivity index (χ2v) is 8.42. The maximum Gasteiger partial charge on any atom is 0.354 e. The highest BCUT2D eigenvalue weighted by molar-refractivity contribution is 7.91. The molecule has 0 aliphatic carbocycles. The largest absolute Gasteiger partial charge is 0.456 e. The van der Waals surface area contributed by atoms with Gasteiger partial charge in [0.1, 0.15) is 12.3 Å². The number of esters is 1. The van der Waals surface area contributed by atoms with E-state index in [1.54, 1.807) is 24.3 Å². The van der Waals surface area contributed by atoms with Crippen molar-refractivity contribution in [2.24, 2.45) is 5.10 Å². The molecule has 136 valence electrons. The van der Waals surface area contributed by atoms with E-state index in [-0.39, 0.29) is 42.6 Å². The summed E-state index contributed by atoms with van der Waals surface area (Å²) in [4.78, 5) is 24.3. The van der Waals surface area contributed by atoms with Crippen LogP contribution in [0.5, 0.6) is 0 Å². The monoisotopic (exact) mass is 375 g/mol. The minimum atomic E-state index is -3.17. The van der Waals surface area contributed by atoms with Gasteiger partial charge < -0.3 is 4.74 Å². The molecule has 0 bridgehead atoms. The number of hydrogen-bond donors (Lipinski definition) is 0. The predicted octanol–water partition coefficient (Wildman–Crippen LogP) is 0.767. The van der Waals surface area contributed by atoms with Gasteiger partial charge in [-0.05, 0) is 12.5 Å². The molecule has 0 spiro atoms. The lowest BCUT2D eigenvalue weighted by molar-refractivity contribution is -0.138. The molecule has 9 heteroatoms. The fraction of sp³-hybridized carbons (Fsp3) is 0.412. The summed E-state index contributed by atoms with van der Waals surface area (Å²) in [5.74, 6) is -1.09. The molecule has 2 aliphatic rings. The van der Waals surface area contributed by atoms with E-state index in [0.29, 0.717) is 17.5 Å². The summed E-state index contributed by atoms with van der Waals surface area (Å²) in [6, 6.07) is 8.26. The first kappa shape index (κ1) is 18.1. The third-order valence-electron chi connectivity index (χ3n) is 4.35. The number of carbonyl (C=O) groups is 2. The van der Waals surface area contributed by atoms with Crippen LogP contribution in [0.3, 0.4) is 0 Å². The van der Waals surface area contributed by atoms with Gasteiger partial charge in [0.05, 0.1) is 29.2 Å². The Morgan fingerprint density at radius 2 is 2.12 bits per heavy atom. The number of nitriles is 1. The van der Waals surface area contributed by atoms with E-state index >= 15 is 0 Å². The molecule has 1 amide bonds. The molecule has 0 N–H and O–H groups in total. The fourth-order valence-electron chi connectivity index (χ4n) is 2.95. The molecule has 1 aromatic rings. The quantitative estimate of drug-likeness (QED) is 0.718. The number of rotatable bonds is 4. The van der Waals surface area contributed by atoms with Gasteiger partial charge in [-0.1, -0.05) is 18.2 Å². The highest BCUT2D eigenvalue weighted by Crippen LogP contribution is 2.22. The number of nitrogens with zero attached hydrogens (tertiary/aromatic N) is 3. The van der Waals surface area contributed by atoms with Crippen molar-refractivity contribution in [2.75, 3.05) is 11.5 Å². The van der Waals surface area contributed by atoms with Crippen LogP contribution in [0.25, 0.3) is 0 Å². The summed E-state index contributed by atoms with van der Waals surface area (Å²) in [5.41, 5.74) is 1.08. The second kappa shape index (κ2) is 7.25. The molecule has 26 heavy (non-hydrogen) atoms.